The zero-order valence-electron chi connectivity index (χ0n) is 15.9. The number of hydrogen-bond donors (Lipinski definition) is 0. The maximum atomic E-state index is 12.6. The molecule has 0 spiro atoms. The number of piperidine rings is 1. The number of aromatic nitrogens is 3. The molecule has 0 atom stereocenters. The minimum Gasteiger partial charge on any atom is -0.342 e. The van der Waals surface area contributed by atoms with Gasteiger partial charge >= 0.3 is 5.69 Å². The average molecular weight is 361 g/mol. The molecule has 3 aliphatic rings. The average Bonchev–Trinajstić information content (AvgIpc) is 3.38. The van der Waals surface area contributed by atoms with Crippen molar-refractivity contribution in [2.75, 3.05) is 32.7 Å². The van der Waals surface area contributed by atoms with E-state index in [0.29, 0.717) is 18.5 Å². The first-order chi connectivity index (χ1) is 12.6. The van der Waals surface area contributed by atoms with Crippen molar-refractivity contribution in [2.45, 2.75) is 63.3 Å². The molecule has 2 aliphatic heterocycles. The lowest BCUT2D eigenvalue weighted by Crippen LogP contribution is -2.42. The van der Waals surface area contributed by atoms with Crippen LogP contribution in [0.15, 0.2) is 4.79 Å². The monoisotopic (exact) mass is 361 g/mol. The Kier molecular flexibility index (Phi) is 5.16. The van der Waals surface area contributed by atoms with Gasteiger partial charge in [-0.25, -0.2) is 9.48 Å². The molecule has 4 rings (SSSR count). The molecule has 0 bridgehead atoms. The number of aryl methyl sites for hydroxylation is 1. The van der Waals surface area contributed by atoms with Crippen molar-refractivity contribution in [2.24, 2.45) is 7.05 Å². The van der Waals surface area contributed by atoms with Gasteiger partial charge in [0.1, 0.15) is 5.82 Å². The van der Waals surface area contributed by atoms with Gasteiger partial charge in [-0.3, -0.25) is 14.3 Å². The third kappa shape index (κ3) is 3.46. The number of likely N-dealkylation sites (tertiary alicyclic amines) is 2. The van der Waals surface area contributed by atoms with E-state index in [-0.39, 0.29) is 11.6 Å². The molecule has 0 aromatic carbocycles. The molecule has 26 heavy (non-hydrogen) atoms. The fraction of sp³-hybridized carbons (Fsp3) is 0.842. The van der Waals surface area contributed by atoms with E-state index in [9.17, 15) is 9.59 Å². The predicted molar refractivity (Wildman–Crippen MR) is 99.2 cm³/mol. The maximum Gasteiger partial charge on any atom is 0.345 e. The first-order valence-electron chi connectivity index (χ1n) is 10.3. The van der Waals surface area contributed by atoms with Gasteiger partial charge in [-0.1, -0.05) is 12.8 Å². The molecule has 7 nitrogen and oxygen atoms in total. The molecular weight excluding hydrogens is 330 g/mol. The lowest BCUT2D eigenvalue weighted by atomic mass is 9.95. The normalized spacial score (nSPS) is 23.2. The van der Waals surface area contributed by atoms with Crippen LogP contribution in [0.4, 0.5) is 0 Å². The number of rotatable bonds is 4. The van der Waals surface area contributed by atoms with Crippen LogP contribution in [0.2, 0.25) is 0 Å². The standard InChI is InChI=1S/C19H31N5O2/c1-21-19(26)24(16-6-2-3-7-16)18(20-21)15-8-12-22(13-9-15)14-17(25)23-10-4-5-11-23/h15-16H,2-14H2,1H3. The summed E-state index contributed by atoms with van der Waals surface area (Å²) in [6, 6.07) is 0.334. The maximum absolute atomic E-state index is 12.6. The number of amides is 1. The zero-order chi connectivity index (χ0) is 18.1. The lowest BCUT2D eigenvalue weighted by molar-refractivity contribution is -0.131. The minimum atomic E-state index is 0.0403. The van der Waals surface area contributed by atoms with E-state index in [4.69, 9.17) is 0 Å². The van der Waals surface area contributed by atoms with Crippen molar-refractivity contribution in [1.82, 2.24) is 24.1 Å². The minimum absolute atomic E-state index is 0.0403. The number of carbonyl (C=O) groups is 1. The first-order valence-corrected chi connectivity index (χ1v) is 10.3. The van der Waals surface area contributed by atoms with Crippen LogP contribution in [0, 0.1) is 0 Å². The van der Waals surface area contributed by atoms with Gasteiger partial charge in [0, 0.05) is 32.1 Å². The first kappa shape index (κ1) is 17.8. The Morgan fingerprint density at radius 2 is 1.65 bits per heavy atom. The van der Waals surface area contributed by atoms with Gasteiger partial charge in [0.2, 0.25) is 5.91 Å². The Morgan fingerprint density at radius 3 is 2.31 bits per heavy atom. The van der Waals surface area contributed by atoms with Gasteiger partial charge in [-0.05, 0) is 51.6 Å². The van der Waals surface area contributed by atoms with Crippen molar-refractivity contribution in [1.29, 1.82) is 0 Å². The van der Waals surface area contributed by atoms with E-state index in [1.807, 2.05) is 9.47 Å². The molecule has 144 valence electrons. The molecule has 1 aromatic heterocycles. The van der Waals surface area contributed by atoms with Crippen LogP contribution in [0.25, 0.3) is 0 Å². The molecule has 1 aromatic rings. The second-order valence-corrected chi connectivity index (χ2v) is 8.21. The van der Waals surface area contributed by atoms with E-state index in [2.05, 4.69) is 10.00 Å². The van der Waals surface area contributed by atoms with E-state index in [1.54, 1.807) is 7.05 Å². The Hall–Kier alpha value is -1.63. The smallest absolute Gasteiger partial charge is 0.342 e. The van der Waals surface area contributed by atoms with Crippen molar-refractivity contribution >= 4 is 5.91 Å². The van der Waals surface area contributed by atoms with Crippen LogP contribution in [-0.4, -0.2) is 62.8 Å². The van der Waals surface area contributed by atoms with Gasteiger partial charge in [-0.2, -0.15) is 5.10 Å². The third-order valence-electron chi connectivity index (χ3n) is 6.44. The van der Waals surface area contributed by atoms with Gasteiger partial charge in [0.25, 0.3) is 0 Å². The molecular formula is C19H31N5O2. The van der Waals surface area contributed by atoms with Crippen molar-refractivity contribution in [3.05, 3.63) is 16.3 Å². The van der Waals surface area contributed by atoms with Crippen LogP contribution < -0.4 is 5.69 Å². The van der Waals surface area contributed by atoms with Crippen LogP contribution in [0.1, 0.15) is 69.2 Å². The number of hydrogen-bond acceptors (Lipinski definition) is 4. The van der Waals surface area contributed by atoms with E-state index in [1.165, 1.54) is 17.5 Å². The summed E-state index contributed by atoms with van der Waals surface area (Å²) >= 11 is 0. The molecule has 3 heterocycles. The molecule has 2 saturated heterocycles. The topological polar surface area (TPSA) is 63.4 Å². The number of nitrogens with zero attached hydrogens (tertiary/aromatic N) is 5. The highest BCUT2D eigenvalue weighted by molar-refractivity contribution is 5.78. The molecule has 0 radical (unpaired) electrons. The second kappa shape index (κ2) is 7.55. The quantitative estimate of drug-likeness (QED) is 0.815. The fourth-order valence-electron chi connectivity index (χ4n) is 4.89. The van der Waals surface area contributed by atoms with Crippen molar-refractivity contribution in [3.8, 4) is 0 Å². The Morgan fingerprint density at radius 1 is 1.00 bits per heavy atom. The Bertz CT molecular complexity index is 689. The second-order valence-electron chi connectivity index (χ2n) is 8.21. The summed E-state index contributed by atoms with van der Waals surface area (Å²) in [5.41, 5.74) is 0.0403. The van der Waals surface area contributed by atoms with Crippen LogP contribution in [0.5, 0.6) is 0 Å². The summed E-state index contributed by atoms with van der Waals surface area (Å²) in [6.07, 6.45) is 8.87. The molecule has 0 N–H and O–H groups in total. The molecule has 0 unspecified atom stereocenters. The van der Waals surface area contributed by atoms with E-state index >= 15 is 0 Å². The van der Waals surface area contributed by atoms with Crippen LogP contribution in [0.3, 0.4) is 0 Å². The van der Waals surface area contributed by atoms with E-state index < -0.39 is 0 Å². The predicted octanol–water partition coefficient (Wildman–Crippen LogP) is 1.50. The van der Waals surface area contributed by atoms with Gasteiger partial charge in [-0.15, -0.1) is 0 Å². The molecule has 3 fully saturated rings. The zero-order valence-corrected chi connectivity index (χ0v) is 15.9. The van der Waals surface area contributed by atoms with Crippen molar-refractivity contribution in [3.63, 3.8) is 0 Å². The van der Waals surface area contributed by atoms with Crippen LogP contribution in [-0.2, 0) is 11.8 Å². The summed E-state index contributed by atoms with van der Waals surface area (Å²) in [6.45, 7) is 4.23. The molecule has 7 heteroatoms. The van der Waals surface area contributed by atoms with E-state index in [0.717, 1.165) is 70.5 Å². The van der Waals surface area contributed by atoms with Gasteiger partial charge in [0.05, 0.1) is 6.54 Å². The van der Waals surface area contributed by atoms with Crippen molar-refractivity contribution < 1.29 is 4.79 Å². The van der Waals surface area contributed by atoms with Gasteiger partial charge < -0.3 is 4.90 Å². The highest BCUT2D eigenvalue weighted by atomic mass is 16.2. The summed E-state index contributed by atoms with van der Waals surface area (Å²) in [5, 5.41) is 4.60. The van der Waals surface area contributed by atoms with Gasteiger partial charge in [0.15, 0.2) is 0 Å². The largest absolute Gasteiger partial charge is 0.345 e. The summed E-state index contributed by atoms with van der Waals surface area (Å²) in [4.78, 5) is 29.2. The summed E-state index contributed by atoms with van der Waals surface area (Å²) in [5.74, 6) is 1.60. The Balaban J connectivity index is 1.39. The molecule has 1 aliphatic carbocycles. The Labute approximate surface area is 154 Å². The third-order valence-corrected chi connectivity index (χ3v) is 6.44. The summed E-state index contributed by atoms with van der Waals surface area (Å²) < 4.78 is 3.50. The summed E-state index contributed by atoms with van der Waals surface area (Å²) in [7, 11) is 1.77. The lowest BCUT2D eigenvalue weighted by Gasteiger charge is -2.32. The molecule has 1 amide bonds. The SMILES string of the molecule is Cn1nc(C2CCN(CC(=O)N3CCCC3)CC2)n(C2CCCC2)c1=O. The number of carbonyl (C=O) groups excluding carboxylic acids is 1. The highest BCUT2D eigenvalue weighted by Crippen LogP contribution is 2.33. The molecule has 1 saturated carbocycles. The fourth-order valence-corrected chi connectivity index (χ4v) is 4.89. The highest BCUT2D eigenvalue weighted by Gasteiger charge is 2.31. The van der Waals surface area contributed by atoms with Crippen LogP contribution >= 0.6 is 0 Å².